The molecule has 0 heterocycles. The van der Waals surface area contributed by atoms with Gasteiger partial charge in [0, 0.05) is 5.88 Å². The molecule has 27 heavy (non-hydrogen) atoms. The summed E-state index contributed by atoms with van der Waals surface area (Å²) in [7, 11) is 1.67. The number of halogens is 1. The van der Waals surface area contributed by atoms with Gasteiger partial charge >= 0.3 is 0 Å². The number of alkyl halides is 1. The Bertz CT molecular complexity index is 679. The summed E-state index contributed by atoms with van der Waals surface area (Å²) in [5, 5.41) is 0. The van der Waals surface area contributed by atoms with Crippen LogP contribution in [-0.4, -0.2) is 13.7 Å². The van der Waals surface area contributed by atoms with E-state index >= 15 is 0 Å². The average molecular weight is 389 g/mol. The molecule has 2 nitrogen and oxygen atoms in total. The normalized spacial score (nSPS) is 12.2. The fraction of sp³-hybridized carbons (Fsp3) is 0.500. The van der Waals surface area contributed by atoms with Gasteiger partial charge in [0.05, 0.1) is 13.7 Å². The highest BCUT2D eigenvalue weighted by atomic mass is 35.5. The van der Waals surface area contributed by atoms with Crippen LogP contribution in [0.3, 0.4) is 0 Å². The molecule has 2 rings (SSSR count). The summed E-state index contributed by atoms with van der Waals surface area (Å²) in [6.07, 6.45) is 5.04. The Morgan fingerprint density at radius 2 is 1.59 bits per heavy atom. The third kappa shape index (κ3) is 7.10. The van der Waals surface area contributed by atoms with E-state index in [2.05, 4.69) is 39.0 Å². The fourth-order valence-corrected chi connectivity index (χ4v) is 3.44. The molecule has 0 aromatic heterocycles. The molecule has 0 aliphatic heterocycles. The standard InChI is InChI=1S/C24H33ClO2/c1-18(2)6-5-7-19(3)14-15-27-22-10-8-20(9-11-22)24-13-12-23(26-4)16-21(24)17-25/h8-13,16,18-19H,5-7,14-15,17H2,1-4H3. The van der Waals surface area contributed by atoms with Gasteiger partial charge in [0.15, 0.2) is 0 Å². The molecule has 2 aromatic carbocycles. The number of hydrogen-bond donors (Lipinski definition) is 0. The number of methoxy groups -OCH3 is 1. The summed E-state index contributed by atoms with van der Waals surface area (Å²) in [5.74, 6) is 3.73. The molecule has 0 aliphatic carbocycles. The molecule has 0 radical (unpaired) electrons. The maximum absolute atomic E-state index is 6.11. The molecule has 0 N–H and O–H groups in total. The summed E-state index contributed by atoms with van der Waals surface area (Å²) >= 11 is 6.11. The minimum atomic E-state index is 0.458. The van der Waals surface area contributed by atoms with Gasteiger partial charge in [-0.05, 0) is 59.2 Å². The van der Waals surface area contributed by atoms with Crippen molar-refractivity contribution in [2.45, 2.75) is 52.3 Å². The lowest BCUT2D eigenvalue weighted by Crippen LogP contribution is -2.04. The highest BCUT2D eigenvalue weighted by Gasteiger charge is 2.07. The Balaban J connectivity index is 1.87. The topological polar surface area (TPSA) is 18.5 Å². The van der Waals surface area contributed by atoms with Crippen LogP contribution in [0, 0.1) is 11.8 Å². The zero-order chi connectivity index (χ0) is 19.6. The molecule has 0 saturated carbocycles. The first kappa shape index (κ1) is 21.6. The van der Waals surface area contributed by atoms with Crippen molar-refractivity contribution in [2.75, 3.05) is 13.7 Å². The van der Waals surface area contributed by atoms with Crippen molar-refractivity contribution in [3.8, 4) is 22.6 Å². The second-order valence-electron chi connectivity index (χ2n) is 7.75. The molecule has 0 fully saturated rings. The number of hydrogen-bond acceptors (Lipinski definition) is 2. The molecule has 0 saturated heterocycles. The molecule has 3 heteroatoms. The molecule has 0 bridgehead atoms. The van der Waals surface area contributed by atoms with E-state index < -0.39 is 0 Å². The van der Waals surface area contributed by atoms with Crippen LogP contribution >= 0.6 is 11.6 Å². The van der Waals surface area contributed by atoms with Crippen LogP contribution in [0.2, 0.25) is 0 Å². The molecular formula is C24H33ClO2. The van der Waals surface area contributed by atoms with Crippen LogP contribution < -0.4 is 9.47 Å². The van der Waals surface area contributed by atoms with E-state index in [0.29, 0.717) is 11.8 Å². The zero-order valence-electron chi connectivity index (χ0n) is 17.1. The van der Waals surface area contributed by atoms with Crippen molar-refractivity contribution in [2.24, 2.45) is 11.8 Å². The summed E-state index contributed by atoms with van der Waals surface area (Å²) in [5.41, 5.74) is 3.35. The zero-order valence-corrected chi connectivity index (χ0v) is 17.9. The summed E-state index contributed by atoms with van der Waals surface area (Å²) in [6, 6.07) is 14.3. The molecule has 1 unspecified atom stereocenters. The van der Waals surface area contributed by atoms with E-state index in [1.165, 1.54) is 19.3 Å². The van der Waals surface area contributed by atoms with E-state index in [-0.39, 0.29) is 0 Å². The minimum Gasteiger partial charge on any atom is -0.497 e. The molecule has 0 amide bonds. The van der Waals surface area contributed by atoms with Gasteiger partial charge in [-0.1, -0.05) is 58.2 Å². The highest BCUT2D eigenvalue weighted by molar-refractivity contribution is 6.17. The van der Waals surface area contributed by atoms with Gasteiger partial charge in [-0.2, -0.15) is 0 Å². The molecule has 148 valence electrons. The van der Waals surface area contributed by atoms with Gasteiger partial charge in [-0.25, -0.2) is 0 Å². The highest BCUT2D eigenvalue weighted by Crippen LogP contribution is 2.30. The van der Waals surface area contributed by atoms with Gasteiger partial charge in [0.2, 0.25) is 0 Å². The molecule has 0 aliphatic rings. The van der Waals surface area contributed by atoms with Crippen molar-refractivity contribution in [3.05, 3.63) is 48.0 Å². The summed E-state index contributed by atoms with van der Waals surface area (Å²) in [6.45, 7) is 7.68. The Hall–Kier alpha value is -1.67. The minimum absolute atomic E-state index is 0.458. The van der Waals surface area contributed by atoms with Crippen LogP contribution in [0.25, 0.3) is 11.1 Å². The van der Waals surface area contributed by atoms with Crippen molar-refractivity contribution in [3.63, 3.8) is 0 Å². The fourth-order valence-electron chi connectivity index (χ4n) is 3.22. The number of benzene rings is 2. The third-order valence-corrected chi connectivity index (χ3v) is 5.27. The molecule has 0 spiro atoms. The quantitative estimate of drug-likeness (QED) is 0.375. The number of rotatable bonds is 11. The number of ether oxygens (including phenoxy) is 2. The van der Waals surface area contributed by atoms with E-state index in [4.69, 9.17) is 21.1 Å². The summed E-state index contributed by atoms with van der Waals surface area (Å²) in [4.78, 5) is 0. The molecule has 1 atom stereocenters. The Morgan fingerprint density at radius 3 is 2.22 bits per heavy atom. The third-order valence-electron chi connectivity index (χ3n) is 4.98. The van der Waals surface area contributed by atoms with Crippen LogP contribution in [0.15, 0.2) is 42.5 Å². The molecule has 2 aromatic rings. The van der Waals surface area contributed by atoms with Gasteiger partial charge in [-0.15, -0.1) is 11.6 Å². The van der Waals surface area contributed by atoms with Gasteiger partial charge in [0.25, 0.3) is 0 Å². The van der Waals surface area contributed by atoms with Crippen molar-refractivity contribution in [1.29, 1.82) is 0 Å². The largest absolute Gasteiger partial charge is 0.497 e. The molecular weight excluding hydrogens is 356 g/mol. The Morgan fingerprint density at radius 1 is 0.889 bits per heavy atom. The lowest BCUT2D eigenvalue weighted by molar-refractivity contribution is 0.276. The Kier molecular flexibility index (Phi) is 9.00. The van der Waals surface area contributed by atoms with Gasteiger partial charge in [-0.3, -0.25) is 0 Å². The van der Waals surface area contributed by atoms with Crippen LogP contribution in [0.5, 0.6) is 11.5 Å². The lowest BCUT2D eigenvalue weighted by atomic mass is 9.98. The SMILES string of the molecule is COc1ccc(-c2ccc(OCCC(C)CCCC(C)C)cc2)c(CCl)c1. The monoisotopic (exact) mass is 388 g/mol. The van der Waals surface area contributed by atoms with Crippen molar-refractivity contribution >= 4 is 11.6 Å². The predicted octanol–water partition coefficient (Wildman–Crippen LogP) is 7.33. The maximum atomic E-state index is 6.11. The van der Waals surface area contributed by atoms with Crippen molar-refractivity contribution in [1.82, 2.24) is 0 Å². The average Bonchev–Trinajstić information content (AvgIpc) is 2.67. The first-order valence-electron chi connectivity index (χ1n) is 9.99. The van der Waals surface area contributed by atoms with E-state index in [0.717, 1.165) is 47.1 Å². The van der Waals surface area contributed by atoms with Crippen LogP contribution in [-0.2, 0) is 5.88 Å². The van der Waals surface area contributed by atoms with Gasteiger partial charge < -0.3 is 9.47 Å². The van der Waals surface area contributed by atoms with Crippen molar-refractivity contribution < 1.29 is 9.47 Å². The lowest BCUT2D eigenvalue weighted by Gasteiger charge is -2.14. The second kappa shape index (κ2) is 11.2. The van der Waals surface area contributed by atoms with Gasteiger partial charge in [0.1, 0.15) is 11.5 Å². The predicted molar refractivity (Wildman–Crippen MR) is 116 cm³/mol. The first-order valence-corrected chi connectivity index (χ1v) is 10.5. The second-order valence-corrected chi connectivity index (χ2v) is 8.02. The van der Waals surface area contributed by atoms with E-state index in [1.807, 2.05) is 24.3 Å². The maximum Gasteiger partial charge on any atom is 0.119 e. The van der Waals surface area contributed by atoms with E-state index in [1.54, 1.807) is 7.11 Å². The summed E-state index contributed by atoms with van der Waals surface area (Å²) < 4.78 is 11.2. The Labute approximate surface area is 169 Å². The van der Waals surface area contributed by atoms with Crippen LogP contribution in [0.4, 0.5) is 0 Å². The smallest absolute Gasteiger partial charge is 0.119 e. The van der Waals surface area contributed by atoms with Crippen LogP contribution in [0.1, 0.15) is 52.0 Å². The first-order chi connectivity index (χ1) is 13.0. The van der Waals surface area contributed by atoms with E-state index in [9.17, 15) is 0 Å².